The topological polar surface area (TPSA) is 90.0 Å². The van der Waals surface area contributed by atoms with Gasteiger partial charge in [-0.1, -0.05) is 13.8 Å². The van der Waals surface area contributed by atoms with Crippen molar-refractivity contribution in [2.75, 3.05) is 0 Å². The van der Waals surface area contributed by atoms with Gasteiger partial charge in [0.05, 0.1) is 18.0 Å². The molecular formula is C19H30N4O2. The molecule has 3 rings (SSSR count). The van der Waals surface area contributed by atoms with Crippen molar-refractivity contribution < 1.29 is 9.59 Å². The van der Waals surface area contributed by atoms with E-state index in [1.54, 1.807) is 0 Å². The summed E-state index contributed by atoms with van der Waals surface area (Å²) in [7, 11) is 0. The maximum atomic E-state index is 12.6. The monoisotopic (exact) mass is 346 g/mol. The molecule has 2 fully saturated rings. The number of rotatable bonds is 6. The maximum Gasteiger partial charge on any atom is 0.224 e. The summed E-state index contributed by atoms with van der Waals surface area (Å²) in [4.78, 5) is 24.5. The van der Waals surface area contributed by atoms with Gasteiger partial charge in [0.15, 0.2) is 0 Å². The largest absolute Gasteiger partial charge is 0.369 e. The Balaban J connectivity index is 1.69. The first-order valence-corrected chi connectivity index (χ1v) is 9.39. The molecule has 4 atom stereocenters. The van der Waals surface area contributed by atoms with E-state index < -0.39 is 0 Å². The zero-order valence-electron chi connectivity index (χ0n) is 15.7. The summed E-state index contributed by atoms with van der Waals surface area (Å²) < 4.78 is 1.99. The van der Waals surface area contributed by atoms with Crippen molar-refractivity contribution in [3.63, 3.8) is 0 Å². The Labute approximate surface area is 149 Å². The van der Waals surface area contributed by atoms with Crippen molar-refractivity contribution in [2.24, 2.45) is 29.4 Å². The van der Waals surface area contributed by atoms with Crippen LogP contribution in [0.15, 0.2) is 0 Å². The minimum absolute atomic E-state index is 0.0286. The van der Waals surface area contributed by atoms with E-state index in [2.05, 4.69) is 24.3 Å². The Morgan fingerprint density at radius 2 is 1.96 bits per heavy atom. The fourth-order valence-corrected chi connectivity index (χ4v) is 4.82. The second-order valence-corrected chi connectivity index (χ2v) is 8.26. The molecule has 25 heavy (non-hydrogen) atoms. The number of amides is 2. The van der Waals surface area contributed by atoms with Crippen LogP contribution in [0.4, 0.5) is 0 Å². The van der Waals surface area contributed by atoms with Gasteiger partial charge in [-0.05, 0) is 50.9 Å². The predicted octanol–water partition coefficient (Wildman–Crippen LogP) is 1.71. The highest BCUT2D eigenvalue weighted by atomic mass is 16.2. The molecule has 0 radical (unpaired) electrons. The first-order chi connectivity index (χ1) is 11.8. The van der Waals surface area contributed by atoms with E-state index in [1.165, 1.54) is 0 Å². The number of primary amides is 1. The van der Waals surface area contributed by atoms with E-state index in [1.807, 2.05) is 18.5 Å². The summed E-state index contributed by atoms with van der Waals surface area (Å²) in [5, 5.41) is 7.70. The molecular weight excluding hydrogens is 316 g/mol. The number of hydrogen-bond donors (Lipinski definition) is 2. The number of fused-ring (bicyclic) bond motifs is 2. The van der Waals surface area contributed by atoms with Crippen LogP contribution in [-0.2, 0) is 22.6 Å². The highest BCUT2D eigenvalue weighted by molar-refractivity contribution is 5.82. The number of nitrogens with one attached hydrogen (secondary N) is 1. The van der Waals surface area contributed by atoms with E-state index in [9.17, 15) is 9.59 Å². The quantitative estimate of drug-likeness (QED) is 0.822. The highest BCUT2D eigenvalue weighted by Crippen LogP contribution is 2.48. The number of hydrogen-bond acceptors (Lipinski definition) is 3. The predicted molar refractivity (Wildman–Crippen MR) is 95.7 cm³/mol. The van der Waals surface area contributed by atoms with Gasteiger partial charge in [0.2, 0.25) is 11.8 Å². The van der Waals surface area contributed by atoms with Crippen LogP contribution in [0.5, 0.6) is 0 Å². The molecule has 3 N–H and O–H groups in total. The Hall–Kier alpha value is -1.85. The zero-order valence-corrected chi connectivity index (χ0v) is 15.7. The van der Waals surface area contributed by atoms with Gasteiger partial charge in [0.1, 0.15) is 0 Å². The minimum atomic E-state index is -0.269. The third-order valence-electron chi connectivity index (χ3n) is 5.98. The van der Waals surface area contributed by atoms with Crippen molar-refractivity contribution in [3.05, 3.63) is 17.0 Å². The number of aryl methyl sites for hydroxylation is 1. The lowest BCUT2D eigenvalue weighted by Crippen LogP contribution is -2.49. The molecule has 6 nitrogen and oxygen atoms in total. The second kappa shape index (κ2) is 6.81. The first-order valence-electron chi connectivity index (χ1n) is 9.39. The van der Waals surface area contributed by atoms with E-state index >= 15 is 0 Å². The SMILES string of the molecule is Cc1nn(CC(C)C)c(C)c1CC(=O)N[C@H]1[C@H]2CC[C@@H](C2)[C@@H]1C(N)=O. The van der Waals surface area contributed by atoms with Gasteiger partial charge in [0.25, 0.3) is 0 Å². The third kappa shape index (κ3) is 3.44. The van der Waals surface area contributed by atoms with E-state index in [0.29, 0.717) is 24.2 Å². The number of aromatic nitrogens is 2. The summed E-state index contributed by atoms with van der Waals surface area (Å²) in [6, 6.07) is -0.0879. The third-order valence-corrected chi connectivity index (χ3v) is 5.98. The van der Waals surface area contributed by atoms with Gasteiger partial charge in [-0.3, -0.25) is 14.3 Å². The Kier molecular flexibility index (Phi) is 4.89. The fourth-order valence-electron chi connectivity index (χ4n) is 4.82. The lowest BCUT2D eigenvalue weighted by atomic mass is 9.84. The summed E-state index contributed by atoms with van der Waals surface area (Å²) >= 11 is 0. The zero-order chi connectivity index (χ0) is 18.3. The van der Waals surface area contributed by atoms with Crippen LogP contribution >= 0.6 is 0 Å². The molecule has 2 saturated carbocycles. The molecule has 2 aliphatic rings. The molecule has 0 aliphatic heterocycles. The van der Waals surface area contributed by atoms with Gasteiger partial charge in [-0.25, -0.2) is 0 Å². The smallest absolute Gasteiger partial charge is 0.224 e. The molecule has 2 aliphatic carbocycles. The van der Waals surface area contributed by atoms with Crippen LogP contribution in [0.3, 0.4) is 0 Å². The molecule has 0 spiro atoms. The van der Waals surface area contributed by atoms with Crippen LogP contribution in [0.25, 0.3) is 0 Å². The van der Waals surface area contributed by atoms with Gasteiger partial charge in [0, 0.05) is 23.8 Å². The summed E-state index contributed by atoms with van der Waals surface area (Å²) in [6.45, 7) is 9.14. The van der Waals surface area contributed by atoms with Gasteiger partial charge in [-0.2, -0.15) is 5.10 Å². The van der Waals surface area contributed by atoms with Crippen molar-refractivity contribution in [3.8, 4) is 0 Å². The Bertz CT molecular complexity index is 679. The van der Waals surface area contributed by atoms with Gasteiger partial charge < -0.3 is 11.1 Å². The standard InChI is InChI=1S/C19H30N4O2/c1-10(2)9-23-12(4)15(11(3)22-23)8-16(24)21-18-14-6-5-13(7-14)17(18)19(20)25/h10,13-14,17-18H,5-9H2,1-4H3,(H2,20,25)(H,21,24)/t13-,14-,17-,18-/m0/s1. The number of nitrogens with two attached hydrogens (primary N) is 1. The average molecular weight is 346 g/mol. The van der Waals surface area contributed by atoms with Crippen molar-refractivity contribution in [1.82, 2.24) is 15.1 Å². The molecule has 0 saturated heterocycles. The number of nitrogens with zero attached hydrogens (tertiary/aromatic N) is 2. The summed E-state index contributed by atoms with van der Waals surface area (Å²) in [5.74, 6) is 0.759. The van der Waals surface area contributed by atoms with Gasteiger partial charge in [-0.15, -0.1) is 0 Å². The fraction of sp³-hybridized carbons (Fsp3) is 0.737. The van der Waals surface area contributed by atoms with E-state index in [0.717, 1.165) is 42.8 Å². The second-order valence-electron chi connectivity index (χ2n) is 8.26. The number of carbonyl (C=O) groups is 2. The number of carbonyl (C=O) groups excluding carboxylic acids is 2. The van der Waals surface area contributed by atoms with Crippen molar-refractivity contribution in [1.29, 1.82) is 0 Å². The van der Waals surface area contributed by atoms with Crippen molar-refractivity contribution in [2.45, 2.75) is 66.0 Å². The lowest BCUT2D eigenvalue weighted by molar-refractivity contribution is -0.126. The molecule has 0 unspecified atom stereocenters. The lowest BCUT2D eigenvalue weighted by Gasteiger charge is -2.29. The summed E-state index contributed by atoms with van der Waals surface area (Å²) in [5.41, 5.74) is 8.56. The van der Waals surface area contributed by atoms with Crippen LogP contribution in [0, 0.1) is 37.5 Å². The summed E-state index contributed by atoms with van der Waals surface area (Å²) in [6.07, 6.45) is 3.48. The molecule has 6 heteroatoms. The highest BCUT2D eigenvalue weighted by Gasteiger charge is 2.50. The maximum absolute atomic E-state index is 12.6. The molecule has 138 valence electrons. The van der Waals surface area contributed by atoms with Crippen LogP contribution in [0.2, 0.25) is 0 Å². The molecule has 1 aromatic heterocycles. The molecule has 0 aromatic carbocycles. The average Bonchev–Trinajstić information content (AvgIpc) is 3.17. The van der Waals surface area contributed by atoms with Crippen LogP contribution < -0.4 is 11.1 Å². The molecule has 2 bridgehead atoms. The van der Waals surface area contributed by atoms with Crippen LogP contribution in [-0.4, -0.2) is 27.6 Å². The molecule has 1 heterocycles. The normalized spacial score (nSPS) is 27.9. The van der Waals surface area contributed by atoms with E-state index in [-0.39, 0.29) is 23.8 Å². The molecule has 2 amide bonds. The van der Waals surface area contributed by atoms with Gasteiger partial charge >= 0.3 is 0 Å². The molecule has 1 aromatic rings. The van der Waals surface area contributed by atoms with Crippen molar-refractivity contribution >= 4 is 11.8 Å². The Morgan fingerprint density at radius 1 is 1.28 bits per heavy atom. The van der Waals surface area contributed by atoms with E-state index in [4.69, 9.17) is 5.73 Å². The first kappa shape index (κ1) is 18.0. The minimum Gasteiger partial charge on any atom is -0.369 e. The van der Waals surface area contributed by atoms with Crippen LogP contribution in [0.1, 0.15) is 50.1 Å². The Morgan fingerprint density at radius 3 is 2.60 bits per heavy atom.